The number of nitrogens with one attached hydrogen (secondary N) is 2. The van der Waals surface area contributed by atoms with E-state index in [0.29, 0.717) is 11.3 Å². The fourth-order valence-electron chi connectivity index (χ4n) is 4.36. The van der Waals surface area contributed by atoms with Crippen molar-refractivity contribution in [3.05, 3.63) is 89.5 Å². The third kappa shape index (κ3) is 6.46. The van der Waals surface area contributed by atoms with Crippen molar-refractivity contribution in [3.63, 3.8) is 0 Å². The summed E-state index contributed by atoms with van der Waals surface area (Å²) in [4.78, 5) is 36.3. The van der Waals surface area contributed by atoms with E-state index in [2.05, 4.69) is 10.6 Å². The average molecular weight is 503 g/mol. The minimum atomic E-state index is -1.18. The first kappa shape index (κ1) is 25.8. The summed E-state index contributed by atoms with van der Waals surface area (Å²) in [7, 11) is 0. The highest BCUT2D eigenvalue weighted by atomic mass is 16.6. The Labute approximate surface area is 215 Å². The van der Waals surface area contributed by atoms with Crippen molar-refractivity contribution < 1.29 is 29.0 Å². The normalized spacial score (nSPS) is 13.2. The maximum atomic E-state index is 12.6. The Kier molecular flexibility index (Phi) is 7.47. The SMILES string of the molecule is CC(C)(C)OC(=O)Nc1ccc(C[C@H](NC(=O)OCC2c3ccccc3-c3ccccc32)C(=O)O)cc1. The number of amides is 2. The van der Waals surface area contributed by atoms with Crippen LogP contribution in [0, 0.1) is 0 Å². The molecule has 1 atom stereocenters. The fourth-order valence-corrected chi connectivity index (χ4v) is 4.36. The lowest BCUT2D eigenvalue weighted by Gasteiger charge is -2.20. The van der Waals surface area contributed by atoms with Gasteiger partial charge in [0.2, 0.25) is 0 Å². The number of carbonyl (C=O) groups is 3. The Bertz CT molecular complexity index is 1250. The van der Waals surface area contributed by atoms with Crippen LogP contribution in [0.25, 0.3) is 11.1 Å². The molecule has 0 fully saturated rings. The number of ether oxygens (including phenoxy) is 2. The van der Waals surface area contributed by atoms with Crippen LogP contribution >= 0.6 is 0 Å². The van der Waals surface area contributed by atoms with E-state index in [9.17, 15) is 19.5 Å². The molecule has 0 saturated heterocycles. The van der Waals surface area contributed by atoms with Crippen LogP contribution in [0.1, 0.15) is 43.4 Å². The monoisotopic (exact) mass is 502 g/mol. The molecule has 3 N–H and O–H groups in total. The molecule has 0 bridgehead atoms. The van der Waals surface area contributed by atoms with Gasteiger partial charge in [-0.2, -0.15) is 0 Å². The summed E-state index contributed by atoms with van der Waals surface area (Å²) >= 11 is 0. The molecule has 3 aromatic rings. The van der Waals surface area contributed by atoms with Gasteiger partial charge in [-0.25, -0.2) is 14.4 Å². The Morgan fingerprint density at radius 1 is 0.865 bits per heavy atom. The van der Waals surface area contributed by atoms with E-state index in [1.807, 2.05) is 48.5 Å². The molecule has 3 aromatic carbocycles. The molecule has 8 nitrogen and oxygen atoms in total. The van der Waals surface area contributed by atoms with Gasteiger partial charge in [0.1, 0.15) is 18.2 Å². The molecule has 8 heteroatoms. The van der Waals surface area contributed by atoms with Crippen LogP contribution < -0.4 is 10.6 Å². The van der Waals surface area contributed by atoms with E-state index in [4.69, 9.17) is 9.47 Å². The first-order valence-electron chi connectivity index (χ1n) is 12.0. The minimum Gasteiger partial charge on any atom is -0.480 e. The molecular weight excluding hydrogens is 472 g/mol. The van der Waals surface area contributed by atoms with Crippen LogP contribution in [-0.4, -0.2) is 41.5 Å². The number of carboxylic acids is 1. The van der Waals surface area contributed by atoms with Crippen LogP contribution in [0.3, 0.4) is 0 Å². The van der Waals surface area contributed by atoms with Crippen LogP contribution in [0.15, 0.2) is 72.8 Å². The second-order valence-electron chi connectivity index (χ2n) is 9.89. The quantitative estimate of drug-likeness (QED) is 0.389. The Balaban J connectivity index is 1.34. The van der Waals surface area contributed by atoms with E-state index >= 15 is 0 Å². The Hall–Kier alpha value is -4.33. The van der Waals surface area contributed by atoms with Gasteiger partial charge < -0.3 is 19.9 Å². The summed E-state index contributed by atoms with van der Waals surface area (Å²) in [5.41, 5.74) is 4.93. The number of rotatable bonds is 7. The summed E-state index contributed by atoms with van der Waals surface area (Å²) in [6.45, 7) is 5.40. The minimum absolute atomic E-state index is 0.0479. The van der Waals surface area contributed by atoms with Crippen LogP contribution in [-0.2, 0) is 20.7 Å². The predicted molar refractivity (Wildman–Crippen MR) is 140 cm³/mol. The summed E-state index contributed by atoms with van der Waals surface area (Å²) in [6, 6.07) is 21.4. The zero-order valence-corrected chi connectivity index (χ0v) is 21.0. The molecule has 0 spiro atoms. The zero-order valence-electron chi connectivity index (χ0n) is 21.0. The molecule has 2 amide bonds. The molecule has 0 aromatic heterocycles. The Morgan fingerprint density at radius 2 is 1.43 bits per heavy atom. The second kappa shape index (κ2) is 10.7. The molecule has 0 aliphatic heterocycles. The van der Waals surface area contributed by atoms with Gasteiger partial charge in [0.05, 0.1) is 0 Å². The van der Waals surface area contributed by atoms with E-state index in [1.54, 1.807) is 45.0 Å². The number of benzene rings is 3. The summed E-state index contributed by atoms with van der Waals surface area (Å²) < 4.78 is 10.7. The molecule has 1 aliphatic carbocycles. The average Bonchev–Trinajstić information content (AvgIpc) is 3.16. The molecule has 192 valence electrons. The number of anilines is 1. The summed E-state index contributed by atoms with van der Waals surface area (Å²) in [5.74, 6) is -1.30. The third-order valence-corrected chi connectivity index (χ3v) is 5.97. The van der Waals surface area contributed by atoms with Gasteiger partial charge in [0, 0.05) is 18.0 Å². The molecule has 0 radical (unpaired) electrons. The van der Waals surface area contributed by atoms with Crippen LogP contribution in [0.5, 0.6) is 0 Å². The number of carboxylic acid groups (broad SMARTS) is 1. The van der Waals surface area contributed by atoms with Crippen molar-refractivity contribution in [1.29, 1.82) is 0 Å². The number of alkyl carbamates (subject to hydrolysis) is 1. The number of fused-ring (bicyclic) bond motifs is 3. The van der Waals surface area contributed by atoms with E-state index in [-0.39, 0.29) is 18.9 Å². The molecule has 1 aliphatic rings. The van der Waals surface area contributed by atoms with Gasteiger partial charge in [0.25, 0.3) is 0 Å². The summed E-state index contributed by atoms with van der Waals surface area (Å²) in [5, 5.41) is 14.7. The van der Waals surface area contributed by atoms with Gasteiger partial charge >= 0.3 is 18.2 Å². The van der Waals surface area contributed by atoms with Crippen molar-refractivity contribution in [3.8, 4) is 11.1 Å². The third-order valence-electron chi connectivity index (χ3n) is 5.97. The second-order valence-corrected chi connectivity index (χ2v) is 9.89. The van der Waals surface area contributed by atoms with Gasteiger partial charge in [-0.15, -0.1) is 0 Å². The van der Waals surface area contributed by atoms with Crippen molar-refractivity contribution in [2.24, 2.45) is 0 Å². The lowest BCUT2D eigenvalue weighted by atomic mass is 9.98. The highest BCUT2D eigenvalue weighted by molar-refractivity contribution is 5.85. The highest BCUT2D eigenvalue weighted by Crippen LogP contribution is 2.44. The van der Waals surface area contributed by atoms with Gasteiger partial charge in [-0.3, -0.25) is 5.32 Å². The van der Waals surface area contributed by atoms with E-state index < -0.39 is 29.8 Å². The van der Waals surface area contributed by atoms with Gasteiger partial charge in [0.15, 0.2) is 0 Å². The molecule has 0 saturated carbocycles. The maximum absolute atomic E-state index is 12.6. The summed E-state index contributed by atoms with van der Waals surface area (Å²) in [6.07, 6.45) is -1.33. The number of carbonyl (C=O) groups excluding carboxylic acids is 2. The van der Waals surface area contributed by atoms with Crippen molar-refractivity contribution >= 4 is 23.8 Å². The number of hydrogen-bond acceptors (Lipinski definition) is 5. The largest absolute Gasteiger partial charge is 0.480 e. The van der Waals surface area contributed by atoms with Crippen molar-refractivity contribution in [2.45, 2.75) is 44.8 Å². The van der Waals surface area contributed by atoms with Crippen LogP contribution in [0.2, 0.25) is 0 Å². The highest BCUT2D eigenvalue weighted by Gasteiger charge is 2.30. The topological polar surface area (TPSA) is 114 Å². The molecule has 4 rings (SSSR count). The molecule has 0 heterocycles. The predicted octanol–water partition coefficient (Wildman–Crippen LogP) is 5.57. The lowest BCUT2D eigenvalue weighted by Crippen LogP contribution is -2.42. The van der Waals surface area contributed by atoms with Gasteiger partial charge in [-0.05, 0) is 60.7 Å². The van der Waals surface area contributed by atoms with Crippen molar-refractivity contribution in [2.75, 3.05) is 11.9 Å². The Morgan fingerprint density at radius 3 is 1.97 bits per heavy atom. The number of hydrogen-bond donors (Lipinski definition) is 3. The standard InChI is InChI=1S/C29H30N2O6/c1-29(2,3)37-28(35)30-19-14-12-18(13-15-19)16-25(26(32)33)31-27(34)36-17-24-22-10-6-4-8-20(22)21-9-5-7-11-23(21)24/h4-15,24-25H,16-17H2,1-3H3,(H,30,35)(H,31,34)(H,32,33)/t25-/m0/s1. The van der Waals surface area contributed by atoms with Crippen LogP contribution in [0.4, 0.5) is 15.3 Å². The first-order chi connectivity index (χ1) is 17.6. The first-order valence-corrected chi connectivity index (χ1v) is 12.0. The smallest absolute Gasteiger partial charge is 0.412 e. The lowest BCUT2D eigenvalue weighted by molar-refractivity contribution is -0.139. The van der Waals surface area contributed by atoms with Crippen molar-refractivity contribution in [1.82, 2.24) is 5.32 Å². The van der Waals surface area contributed by atoms with Gasteiger partial charge in [-0.1, -0.05) is 60.7 Å². The number of aliphatic carboxylic acids is 1. The zero-order chi connectivity index (χ0) is 26.6. The molecular formula is C29H30N2O6. The molecule has 37 heavy (non-hydrogen) atoms. The van der Waals surface area contributed by atoms with E-state index in [1.165, 1.54) is 0 Å². The fraction of sp³-hybridized carbons (Fsp3) is 0.276. The maximum Gasteiger partial charge on any atom is 0.412 e. The van der Waals surface area contributed by atoms with E-state index in [0.717, 1.165) is 22.3 Å². The molecule has 0 unspecified atom stereocenters.